The highest BCUT2D eigenvalue weighted by Gasteiger charge is 2.32. The molecular weight excluding hydrogens is 407 g/mol. The van der Waals surface area contributed by atoms with Gasteiger partial charge in [0, 0.05) is 18.5 Å². The van der Waals surface area contributed by atoms with E-state index >= 15 is 0 Å². The highest BCUT2D eigenvalue weighted by molar-refractivity contribution is 5.93. The maximum Gasteiger partial charge on any atom is 0.272 e. The molecule has 0 spiro atoms. The minimum Gasteiger partial charge on any atom is -0.443 e. The van der Waals surface area contributed by atoms with E-state index in [2.05, 4.69) is 27.3 Å². The first-order valence-corrected chi connectivity index (χ1v) is 10.8. The zero-order chi connectivity index (χ0) is 21.9. The number of piperidine rings is 1. The fraction of sp³-hybridized carbons (Fsp3) is 0.240. The molecule has 0 aliphatic carbocycles. The molecule has 1 fully saturated rings. The first-order chi connectivity index (χ1) is 15.7. The van der Waals surface area contributed by atoms with E-state index in [1.165, 1.54) is 12.1 Å². The van der Waals surface area contributed by atoms with Gasteiger partial charge in [-0.25, -0.2) is 9.37 Å². The van der Waals surface area contributed by atoms with Crippen LogP contribution in [0, 0.1) is 5.82 Å². The molecule has 32 heavy (non-hydrogen) atoms. The van der Waals surface area contributed by atoms with Gasteiger partial charge in [-0.1, -0.05) is 30.3 Å². The Morgan fingerprint density at radius 3 is 2.75 bits per heavy atom. The third kappa shape index (κ3) is 4.19. The highest BCUT2D eigenvalue weighted by atomic mass is 19.1. The number of nitrogens with one attached hydrogen (secondary N) is 1. The van der Waals surface area contributed by atoms with Crippen molar-refractivity contribution in [3.05, 3.63) is 95.6 Å². The smallest absolute Gasteiger partial charge is 0.272 e. The summed E-state index contributed by atoms with van der Waals surface area (Å²) in [5, 5.41) is 7.09. The number of carbonyl (C=O) groups is 1. The summed E-state index contributed by atoms with van der Waals surface area (Å²) in [5.41, 5.74) is 2.89. The van der Waals surface area contributed by atoms with Crippen LogP contribution in [0.5, 0.6) is 0 Å². The lowest BCUT2D eigenvalue weighted by Crippen LogP contribution is -2.38. The summed E-state index contributed by atoms with van der Waals surface area (Å²) in [6.07, 6.45) is 5.15. The first-order valence-electron chi connectivity index (χ1n) is 10.8. The average Bonchev–Trinajstić information content (AvgIpc) is 3.50. The molecule has 1 aliphatic heterocycles. The van der Waals surface area contributed by atoms with Gasteiger partial charge in [0.2, 0.25) is 5.89 Å². The predicted molar refractivity (Wildman–Crippen MR) is 117 cm³/mol. The summed E-state index contributed by atoms with van der Waals surface area (Å²) in [6.45, 7) is 0.630. The number of hydrogen-bond acceptors (Lipinski definition) is 4. The largest absolute Gasteiger partial charge is 0.443 e. The van der Waals surface area contributed by atoms with Crippen LogP contribution in [0.1, 0.15) is 53.0 Å². The second-order valence-corrected chi connectivity index (χ2v) is 8.01. The Hall–Kier alpha value is -3.74. The van der Waals surface area contributed by atoms with Gasteiger partial charge in [-0.2, -0.15) is 5.10 Å². The van der Waals surface area contributed by atoms with Crippen molar-refractivity contribution in [2.24, 2.45) is 0 Å². The van der Waals surface area contributed by atoms with Crippen molar-refractivity contribution in [3.8, 4) is 11.3 Å². The van der Waals surface area contributed by atoms with Crippen LogP contribution in [0.3, 0.4) is 0 Å². The van der Waals surface area contributed by atoms with Crippen molar-refractivity contribution in [3.63, 3.8) is 0 Å². The summed E-state index contributed by atoms with van der Waals surface area (Å²) in [7, 11) is 0. The molecule has 0 bridgehead atoms. The zero-order valence-corrected chi connectivity index (χ0v) is 17.5. The van der Waals surface area contributed by atoms with Crippen LogP contribution in [0.4, 0.5) is 4.39 Å². The molecule has 2 aromatic heterocycles. The zero-order valence-electron chi connectivity index (χ0n) is 17.5. The Morgan fingerprint density at radius 1 is 1.12 bits per heavy atom. The Bertz CT molecular complexity index is 1200. The van der Waals surface area contributed by atoms with Crippen molar-refractivity contribution in [1.82, 2.24) is 20.1 Å². The van der Waals surface area contributed by atoms with E-state index < -0.39 is 0 Å². The van der Waals surface area contributed by atoms with Crippen molar-refractivity contribution in [2.75, 3.05) is 6.54 Å². The lowest BCUT2D eigenvalue weighted by molar-refractivity contribution is 0.0564. The Labute approximate surface area is 185 Å². The molecule has 1 amide bonds. The summed E-state index contributed by atoms with van der Waals surface area (Å²) in [5.74, 6) is 0.902. The molecule has 1 N–H and O–H groups in total. The van der Waals surface area contributed by atoms with Crippen LogP contribution in [-0.2, 0) is 6.42 Å². The normalized spacial score (nSPS) is 16.3. The SMILES string of the molecule is O=C(c1cc(-c2ccc(F)cc2)n[nH]1)N1CCCC[C@H]1c1ncc(Cc2ccccc2)o1. The molecule has 4 aromatic rings. The minimum absolute atomic E-state index is 0.140. The van der Waals surface area contributed by atoms with Crippen LogP contribution in [0.25, 0.3) is 11.3 Å². The molecule has 1 aliphatic rings. The summed E-state index contributed by atoms with van der Waals surface area (Å²) < 4.78 is 19.3. The van der Waals surface area contributed by atoms with Crippen LogP contribution in [0.2, 0.25) is 0 Å². The number of oxazole rings is 1. The number of H-pyrrole nitrogens is 1. The molecule has 1 atom stereocenters. The standard InChI is InChI=1S/C25H23FN4O2/c26-19-11-9-18(10-12-19)21-15-22(29-28-21)25(31)30-13-5-4-8-23(30)24-27-16-20(32-24)14-17-6-2-1-3-7-17/h1-3,6-7,9-12,15-16,23H,4-5,8,13-14H2,(H,28,29)/t23-/m0/s1. The van der Waals surface area contributed by atoms with E-state index in [0.29, 0.717) is 30.2 Å². The maximum atomic E-state index is 13.3. The van der Waals surface area contributed by atoms with Gasteiger partial charge in [-0.15, -0.1) is 0 Å². The number of halogens is 1. The molecule has 7 heteroatoms. The lowest BCUT2D eigenvalue weighted by Gasteiger charge is -2.33. The Kier molecular flexibility index (Phi) is 5.54. The minimum atomic E-state index is -0.311. The maximum absolute atomic E-state index is 13.3. The second kappa shape index (κ2) is 8.78. The van der Waals surface area contributed by atoms with E-state index in [0.717, 1.165) is 36.1 Å². The van der Waals surface area contributed by atoms with Crippen molar-refractivity contribution in [1.29, 1.82) is 0 Å². The van der Waals surface area contributed by atoms with Crippen molar-refractivity contribution in [2.45, 2.75) is 31.7 Å². The van der Waals surface area contributed by atoms with Crippen molar-refractivity contribution < 1.29 is 13.6 Å². The number of aromatic nitrogens is 3. The molecule has 162 valence electrons. The van der Waals surface area contributed by atoms with Gasteiger partial charge < -0.3 is 9.32 Å². The molecule has 5 rings (SSSR count). The number of aromatic amines is 1. The molecule has 0 unspecified atom stereocenters. The molecule has 1 saturated heterocycles. The quantitative estimate of drug-likeness (QED) is 0.474. The number of carbonyl (C=O) groups excluding carboxylic acids is 1. The van der Waals surface area contributed by atoms with E-state index in [9.17, 15) is 9.18 Å². The fourth-order valence-electron chi connectivity index (χ4n) is 4.14. The lowest BCUT2D eigenvalue weighted by atomic mass is 10.0. The number of rotatable bonds is 5. The van der Waals surface area contributed by atoms with E-state index in [-0.39, 0.29) is 17.8 Å². The fourth-order valence-corrected chi connectivity index (χ4v) is 4.14. The van der Waals surface area contributed by atoms with Gasteiger partial charge in [-0.05, 0) is 55.2 Å². The number of amides is 1. The number of likely N-dealkylation sites (tertiary alicyclic amines) is 1. The highest BCUT2D eigenvalue weighted by Crippen LogP contribution is 2.32. The average molecular weight is 430 g/mol. The topological polar surface area (TPSA) is 75.0 Å². The van der Waals surface area contributed by atoms with Gasteiger partial charge in [0.1, 0.15) is 23.3 Å². The van der Waals surface area contributed by atoms with Crippen LogP contribution < -0.4 is 0 Å². The van der Waals surface area contributed by atoms with Crippen LogP contribution >= 0.6 is 0 Å². The van der Waals surface area contributed by atoms with E-state index in [1.807, 2.05) is 23.1 Å². The van der Waals surface area contributed by atoms with Gasteiger partial charge >= 0.3 is 0 Å². The van der Waals surface area contributed by atoms with E-state index in [4.69, 9.17) is 4.42 Å². The molecule has 2 aromatic carbocycles. The molecule has 0 saturated carbocycles. The number of nitrogens with zero attached hydrogens (tertiary/aromatic N) is 3. The van der Waals surface area contributed by atoms with Gasteiger partial charge in [0.15, 0.2) is 0 Å². The van der Waals surface area contributed by atoms with E-state index in [1.54, 1.807) is 24.4 Å². The number of hydrogen-bond donors (Lipinski definition) is 1. The summed E-state index contributed by atoms with van der Waals surface area (Å²) in [6, 6.07) is 17.6. The Balaban J connectivity index is 1.35. The molecule has 0 radical (unpaired) electrons. The number of benzene rings is 2. The predicted octanol–water partition coefficient (Wildman–Crippen LogP) is 5.16. The van der Waals surface area contributed by atoms with Crippen molar-refractivity contribution >= 4 is 5.91 Å². The molecule has 3 heterocycles. The molecular formula is C25H23FN4O2. The monoisotopic (exact) mass is 430 g/mol. The summed E-state index contributed by atoms with van der Waals surface area (Å²) in [4.78, 5) is 19.6. The third-order valence-electron chi connectivity index (χ3n) is 5.79. The molecule has 6 nitrogen and oxygen atoms in total. The second-order valence-electron chi connectivity index (χ2n) is 8.01. The van der Waals surface area contributed by atoms with Gasteiger partial charge in [0.25, 0.3) is 5.91 Å². The first kappa shape index (κ1) is 20.2. The third-order valence-corrected chi connectivity index (χ3v) is 5.79. The van der Waals surface area contributed by atoms with Crippen LogP contribution in [-0.4, -0.2) is 32.5 Å². The van der Waals surface area contributed by atoms with Gasteiger partial charge in [-0.3, -0.25) is 9.89 Å². The van der Waals surface area contributed by atoms with Crippen LogP contribution in [0.15, 0.2) is 71.3 Å². The summed E-state index contributed by atoms with van der Waals surface area (Å²) >= 11 is 0. The Morgan fingerprint density at radius 2 is 1.94 bits per heavy atom. The van der Waals surface area contributed by atoms with Gasteiger partial charge in [0.05, 0.1) is 11.9 Å².